The van der Waals surface area contributed by atoms with E-state index in [9.17, 15) is 0 Å². The number of furan rings is 5. The molecule has 0 atom stereocenters. The zero-order valence-electron chi connectivity index (χ0n) is 74.1. The molecule has 0 fully saturated rings. The lowest BCUT2D eigenvalue weighted by atomic mass is 10.0. The Morgan fingerprint density at radius 1 is 0.149 bits per heavy atom. The van der Waals surface area contributed by atoms with Crippen LogP contribution >= 0.6 is 11.3 Å². The van der Waals surface area contributed by atoms with Gasteiger partial charge in [-0.1, -0.05) is 261 Å². The Labute approximate surface area is 801 Å². The minimum Gasteiger partial charge on any atom is -0.456 e. The highest BCUT2D eigenvalue weighted by molar-refractivity contribution is 7.26. The molecule has 0 saturated heterocycles. The molecule has 18 aromatic carbocycles. The molecule has 0 aliphatic rings. The molecule has 0 N–H and O–H groups in total. The smallest absolute Gasteiger partial charge is 0.228 e. The van der Waals surface area contributed by atoms with Crippen LogP contribution in [-0.2, 0) is 0 Å². The molecule has 0 spiro atoms. The third kappa shape index (κ3) is 13.7. The second kappa shape index (κ2) is 32.7. The summed E-state index contributed by atoms with van der Waals surface area (Å²) in [5, 5.41) is 11.8. The molecule has 0 aliphatic carbocycles. The van der Waals surface area contributed by atoms with Crippen LogP contribution in [0, 0.1) is 0 Å². The van der Waals surface area contributed by atoms with Gasteiger partial charge in [-0.05, 0) is 140 Å². The molecule has 12 heterocycles. The monoisotopic (exact) mass is 1830 g/mol. The fraction of sp³-hybridized carbons (Fsp3) is 0. The number of para-hydroxylation sites is 8. The first-order valence-electron chi connectivity index (χ1n) is 45.9. The number of benzene rings is 18. The molecule has 0 amide bonds. The first-order chi connectivity index (χ1) is 69.8. The van der Waals surface area contributed by atoms with Gasteiger partial charge < -0.3 is 35.3 Å². The van der Waals surface area contributed by atoms with Crippen LogP contribution in [0.3, 0.4) is 0 Å². The Balaban J connectivity index is 0.000000104. The molecular formula is C120H66N12O8S. The maximum Gasteiger partial charge on any atom is 0.228 e. The number of hydrogen-bond acceptors (Lipinski definition) is 21. The highest BCUT2D eigenvalue weighted by atomic mass is 32.1. The van der Waals surface area contributed by atoms with Crippen molar-refractivity contribution in [2.45, 2.75) is 0 Å². The number of oxazole rings is 3. The summed E-state index contributed by atoms with van der Waals surface area (Å²) in [5.41, 5.74) is 22.6. The van der Waals surface area contributed by atoms with E-state index >= 15 is 0 Å². The summed E-state index contributed by atoms with van der Waals surface area (Å²) in [7, 11) is 0. The van der Waals surface area contributed by atoms with E-state index in [0.29, 0.717) is 75.7 Å². The molecule has 12 aromatic heterocycles. The largest absolute Gasteiger partial charge is 0.456 e. The lowest BCUT2D eigenvalue weighted by molar-refractivity contribution is 0.620. The van der Waals surface area contributed by atoms with Gasteiger partial charge in [-0.3, -0.25) is 0 Å². The quantitative estimate of drug-likeness (QED) is 0.110. The number of rotatable bonds is 12. The molecule has 0 unspecified atom stereocenters. The van der Waals surface area contributed by atoms with Crippen LogP contribution < -0.4 is 0 Å². The van der Waals surface area contributed by atoms with E-state index in [1.165, 1.54) is 15.5 Å². The van der Waals surface area contributed by atoms with Crippen LogP contribution in [0.1, 0.15) is 0 Å². The van der Waals surface area contributed by atoms with Crippen molar-refractivity contribution < 1.29 is 35.3 Å². The highest BCUT2D eigenvalue weighted by Crippen LogP contribution is 2.49. The molecule has 20 nitrogen and oxygen atoms in total. The maximum atomic E-state index is 6.43. The van der Waals surface area contributed by atoms with Gasteiger partial charge in [-0.2, -0.15) is 0 Å². The zero-order valence-corrected chi connectivity index (χ0v) is 75.0. The Kier molecular flexibility index (Phi) is 18.6. The Hall–Kier alpha value is -19.4. The van der Waals surface area contributed by atoms with Gasteiger partial charge in [0.2, 0.25) is 17.7 Å². The number of nitrogens with zero attached hydrogens (tertiary/aromatic N) is 12. The molecule has 0 radical (unpaired) electrons. The van der Waals surface area contributed by atoms with Gasteiger partial charge in [0.25, 0.3) is 0 Å². The SMILES string of the molecule is c1ccc(-c2nc(-c3ccc4oc5ccccc5c4c3)nc(-c3cccc4oc5cccc(-c6nc7ccccc7o6)c5c34)n2)cc1.c1ccc(-c2nc(-c3cccc4c3sc3ccccc34)nc(-c3cccc4oc5cccc(-c6nc7ccccc7o6)c5c34)n2)cc1.c1ccc(-c2nc(-c3cccc4oc5ccccc5c34)nc(-c3cccc4oc5cccc(-c6nc7ccccc7o6)c5c34)n2)cc1. The maximum absolute atomic E-state index is 6.43. The number of aromatic nitrogens is 12. The summed E-state index contributed by atoms with van der Waals surface area (Å²) < 4.78 is 52.7. The van der Waals surface area contributed by atoms with Crippen molar-refractivity contribution in [3.8, 4) is 137 Å². The van der Waals surface area contributed by atoms with Gasteiger partial charge in [0.05, 0.1) is 0 Å². The van der Waals surface area contributed by atoms with Crippen LogP contribution in [0.25, 0.3) is 300 Å². The molecule has 141 heavy (non-hydrogen) atoms. The van der Waals surface area contributed by atoms with E-state index < -0.39 is 0 Å². The topological polar surface area (TPSA) is 260 Å². The lowest BCUT2D eigenvalue weighted by Gasteiger charge is -2.10. The third-order valence-corrected chi connectivity index (χ3v) is 27.0. The van der Waals surface area contributed by atoms with Crippen molar-refractivity contribution in [1.29, 1.82) is 0 Å². The fourth-order valence-corrected chi connectivity index (χ4v) is 20.6. The second-order valence-corrected chi connectivity index (χ2v) is 35.3. The normalized spacial score (nSPS) is 11.8. The standard InChI is InChI=1S/2C40H22N4O3.C40H22N4O2S/c1-2-11-23(12-3-1)37-42-38(25-14-8-20-31-34(25)24-13-4-6-18-29(24)45-31)44-39(43-37)26-15-9-21-32-35(26)36-27(16-10-22-33(36)46-32)40-41-28-17-5-7-19-30(28)47-40;1-2-10-23(11-3-1)37-42-38(24-20-21-31-28(22-24)25-12-4-6-16-30(25)45-31)44-39(43-37)26-13-8-18-33-35(26)36-27(14-9-19-34(36)46-33)40-41-29-15-5-7-17-32(29)47-40;1-2-11-23(12-3-1)37-42-38(44-39(43-37)28-17-8-14-25-24-13-4-7-22-33(24)47-36(25)28)26-15-9-20-31-34(26)35-27(16-10-21-32(35)45-31)40-41-29-18-5-6-19-30(29)46-40/h3*1-22H. The van der Waals surface area contributed by atoms with Crippen molar-refractivity contribution >= 4 is 175 Å². The second-order valence-electron chi connectivity index (χ2n) is 34.2. The minimum atomic E-state index is 0.522. The van der Waals surface area contributed by atoms with E-state index in [4.69, 9.17) is 95.1 Å². The number of hydrogen-bond donors (Lipinski definition) is 0. The molecular weight excluding hydrogens is 1770 g/mol. The van der Waals surface area contributed by atoms with Gasteiger partial charge in [-0.25, -0.2) is 59.8 Å². The third-order valence-electron chi connectivity index (χ3n) is 25.8. The summed E-state index contributed by atoms with van der Waals surface area (Å²) in [6.07, 6.45) is 0. The van der Waals surface area contributed by atoms with Crippen molar-refractivity contribution in [2.75, 3.05) is 0 Å². The van der Waals surface area contributed by atoms with Crippen molar-refractivity contribution in [2.24, 2.45) is 0 Å². The summed E-state index contributed by atoms with van der Waals surface area (Å²) in [6.45, 7) is 0. The molecule has 30 aromatic rings. The molecule has 30 rings (SSSR count). The first kappa shape index (κ1) is 80.1. The van der Waals surface area contributed by atoms with Gasteiger partial charge >= 0.3 is 0 Å². The fourth-order valence-electron chi connectivity index (χ4n) is 19.4. The van der Waals surface area contributed by atoms with Crippen LogP contribution in [0.2, 0.25) is 0 Å². The zero-order chi connectivity index (χ0) is 92.7. The summed E-state index contributed by atoms with van der Waals surface area (Å²) in [4.78, 5) is 60.3. The van der Waals surface area contributed by atoms with Gasteiger partial charge in [0, 0.05) is 141 Å². The molecule has 21 heteroatoms. The van der Waals surface area contributed by atoms with Crippen LogP contribution in [0.5, 0.6) is 0 Å². The van der Waals surface area contributed by atoms with Gasteiger partial charge in [-0.15, -0.1) is 11.3 Å². The van der Waals surface area contributed by atoms with E-state index in [0.717, 1.165) is 209 Å². The predicted molar refractivity (Wildman–Crippen MR) is 557 cm³/mol. The molecule has 0 saturated carbocycles. The van der Waals surface area contributed by atoms with E-state index in [2.05, 4.69) is 60.7 Å². The predicted octanol–water partition coefficient (Wildman–Crippen LogP) is 31.9. The van der Waals surface area contributed by atoms with Crippen molar-refractivity contribution in [3.63, 3.8) is 0 Å². The van der Waals surface area contributed by atoms with E-state index in [1.54, 1.807) is 11.3 Å². The van der Waals surface area contributed by atoms with E-state index in [1.807, 2.05) is 340 Å². The average molecular weight is 1840 g/mol. The highest BCUT2D eigenvalue weighted by Gasteiger charge is 2.29. The number of thiophene rings is 1. The summed E-state index contributed by atoms with van der Waals surface area (Å²) in [6, 6.07) is 132. The molecule has 0 bridgehead atoms. The summed E-state index contributed by atoms with van der Waals surface area (Å²) in [5.74, 6) is 6.69. The first-order valence-corrected chi connectivity index (χ1v) is 46.7. The Morgan fingerprint density at radius 2 is 0.418 bits per heavy atom. The molecule has 0 aliphatic heterocycles. The lowest BCUT2D eigenvalue weighted by Crippen LogP contribution is -2.00. The number of fused-ring (bicyclic) bond motifs is 21. The average Bonchev–Trinajstić information content (AvgIpc) is 1.57. The van der Waals surface area contributed by atoms with E-state index in [-0.39, 0.29) is 0 Å². The van der Waals surface area contributed by atoms with Crippen molar-refractivity contribution in [1.82, 2.24) is 59.8 Å². The van der Waals surface area contributed by atoms with Crippen LogP contribution in [-0.4, -0.2) is 59.8 Å². The Morgan fingerprint density at radius 3 is 0.844 bits per heavy atom. The molecule has 660 valence electrons. The summed E-state index contributed by atoms with van der Waals surface area (Å²) >= 11 is 1.76. The Bertz CT molecular complexity index is 10200. The van der Waals surface area contributed by atoms with Crippen LogP contribution in [0.4, 0.5) is 0 Å². The van der Waals surface area contributed by atoms with Crippen LogP contribution in [0.15, 0.2) is 436 Å². The van der Waals surface area contributed by atoms with Gasteiger partial charge in [0.1, 0.15) is 72.4 Å². The van der Waals surface area contributed by atoms with Crippen molar-refractivity contribution in [3.05, 3.63) is 400 Å². The minimum absolute atomic E-state index is 0.522. The van der Waals surface area contributed by atoms with Gasteiger partial charge in [0.15, 0.2) is 69.2 Å².